The summed E-state index contributed by atoms with van der Waals surface area (Å²) in [7, 11) is 0. The van der Waals surface area contributed by atoms with Crippen LogP contribution in [0.1, 0.15) is 20.8 Å². The molecular formula is C16H20BrFN4. The molecule has 0 aliphatic heterocycles. The number of anilines is 2. The van der Waals surface area contributed by atoms with Crippen LogP contribution in [0.15, 0.2) is 35.1 Å². The number of aromatic nitrogens is 1. The molecule has 22 heavy (non-hydrogen) atoms. The smallest absolute Gasteiger partial charge is 0.142 e. The zero-order valence-corrected chi connectivity index (χ0v) is 14.5. The molecule has 118 valence electrons. The van der Waals surface area contributed by atoms with Gasteiger partial charge in [-0.25, -0.2) is 10.2 Å². The minimum Gasteiger partial charge on any atom is -0.396 e. The quantitative estimate of drug-likeness (QED) is 0.490. The lowest BCUT2D eigenvalue weighted by atomic mass is 9.96. The molecule has 0 amide bonds. The van der Waals surface area contributed by atoms with Crippen molar-refractivity contribution in [3.8, 4) is 11.1 Å². The third kappa shape index (κ3) is 3.75. The van der Waals surface area contributed by atoms with Gasteiger partial charge in [0, 0.05) is 18.3 Å². The van der Waals surface area contributed by atoms with E-state index < -0.39 is 0 Å². The van der Waals surface area contributed by atoms with Crippen LogP contribution in [-0.2, 0) is 0 Å². The Balaban J connectivity index is 2.41. The van der Waals surface area contributed by atoms with Crippen LogP contribution in [0.2, 0.25) is 0 Å². The zero-order valence-electron chi connectivity index (χ0n) is 12.9. The van der Waals surface area contributed by atoms with Crippen LogP contribution < -0.4 is 16.6 Å². The molecule has 2 rings (SSSR count). The monoisotopic (exact) mass is 366 g/mol. The van der Waals surface area contributed by atoms with Crippen LogP contribution in [0, 0.1) is 11.2 Å². The second-order valence-corrected chi connectivity index (χ2v) is 7.23. The van der Waals surface area contributed by atoms with E-state index in [0.29, 0.717) is 22.3 Å². The maximum absolute atomic E-state index is 13.3. The third-order valence-corrected chi connectivity index (χ3v) is 3.98. The van der Waals surface area contributed by atoms with Crippen molar-refractivity contribution in [1.82, 2.24) is 4.98 Å². The first kappa shape index (κ1) is 16.7. The van der Waals surface area contributed by atoms with Gasteiger partial charge in [0.1, 0.15) is 5.82 Å². The van der Waals surface area contributed by atoms with E-state index in [-0.39, 0.29) is 11.2 Å². The molecule has 0 saturated heterocycles. The summed E-state index contributed by atoms with van der Waals surface area (Å²) >= 11 is 3.48. The van der Waals surface area contributed by atoms with Crippen LogP contribution in [0.5, 0.6) is 0 Å². The summed E-state index contributed by atoms with van der Waals surface area (Å²) in [4.78, 5) is 3.87. The van der Waals surface area contributed by atoms with Crippen molar-refractivity contribution in [3.63, 3.8) is 0 Å². The predicted octanol–water partition coefficient (Wildman–Crippen LogP) is 3.96. The van der Waals surface area contributed by atoms with Crippen molar-refractivity contribution < 1.29 is 4.39 Å². The lowest BCUT2D eigenvalue weighted by Crippen LogP contribution is -2.38. The number of halogens is 2. The van der Waals surface area contributed by atoms with Crippen molar-refractivity contribution in [2.24, 2.45) is 11.3 Å². The molecule has 1 aromatic heterocycles. The average Bonchev–Trinajstić information content (AvgIpc) is 2.39. The standard InChI is InChI=1S/C16H20BrFN4/c1-16(2,3)9-22(20)13-5-4-12(14(17)15(13)19)10-6-11(18)8-21-7-10/h4-8H,9,19-20H2,1-3H3. The van der Waals surface area contributed by atoms with Gasteiger partial charge in [-0.15, -0.1) is 0 Å². The highest BCUT2D eigenvalue weighted by Crippen LogP contribution is 2.38. The number of pyridine rings is 1. The number of nitrogens with two attached hydrogens (primary N) is 2. The van der Waals surface area contributed by atoms with E-state index in [2.05, 4.69) is 41.7 Å². The van der Waals surface area contributed by atoms with Gasteiger partial charge in [-0.1, -0.05) is 26.8 Å². The molecule has 0 aliphatic carbocycles. The minimum absolute atomic E-state index is 0.0405. The highest BCUT2D eigenvalue weighted by molar-refractivity contribution is 9.10. The normalized spacial score (nSPS) is 11.5. The van der Waals surface area contributed by atoms with Gasteiger partial charge in [0.2, 0.25) is 0 Å². The molecular weight excluding hydrogens is 347 g/mol. The van der Waals surface area contributed by atoms with E-state index in [1.165, 1.54) is 12.3 Å². The van der Waals surface area contributed by atoms with E-state index in [1.807, 2.05) is 12.1 Å². The van der Waals surface area contributed by atoms with E-state index in [9.17, 15) is 4.39 Å². The fourth-order valence-corrected chi connectivity index (χ4v) is 2.78. The van der Waals surface area contributed by atoms with Gasteiger partial charge in [0.05, 0.1) is 22.0 Å². The van der Waals surface area contributed by atoms with Gasteiger partial charge < -0.3 is 10.7 Å². The Bertz CT molecular complexity index is 682. The van der Waals surface area contributed by atoms with E-state index in [0.717, 1.165) is 11.3 Å². The molecule has 0 spiro atoms. The van der Waals surface area contributed by atoms with Crippen LogP contribution in [0.3, 0.4) is 0 Å². The third-order valence-electron chi connectivity index (χ3n) is 3.13. The summed E-state index contributed by atoms with van der Waals surface area (Å²) < 4.78 is 14.0. The largest absolute Gasteiger partial charge is 0.396 e. The van der Waals surface area contributed by atoms with Crippen molar-refractivity contribution in [3.05, 3.63) is 40.9 Å². The highest BCUT2D eigenvalue weighted by Gasteiger charge is 2.18. The summed E-state index contributed by atoms with van der Waals surface area (Å²) in [6.45, 7) is 6.96. The molecule has 0 bridgehead atoms. The van der Waals surface area contributed by atoms with Gasteiger partial charge in [-0.05, 0) is 39.0 Å². The van der Waals surface area contributed by atoms with Crippen molar-refractivity contribution in [1.29, 1.82) is 0 Å². The second kappa shape index (κ2) is 6.22. The Morgan fingerprint density at radius 2 is 1.95 bits per heavy atom. The van der Waals surface area contributed by atoms with Gasteiger partial charge in [0.15, 0.2) is 0 Å². The molecule has 4 N–H and O–H groups in total. The Hall–Kier alpha value is -1.66. The van der Waals surface area contributed by atoms with Crippen LogP contribution in [0.25, 0.3) is 11.1 Å². The highest BCUT2D eigenvalue weighted by atomic mass is 79.9. The first-order valence-corrected chi connectivity index (χ1v) is 7.69. The first-order valence-electron chi connectivity index (χ1n) is 6.90. The molecule has 0 unspecified atom stereocenters. The Labute approximate surface area is 138 Å². The second-order valence-electron chi connectivity index (χ2n) is 6.44. The fraction of sp³-hybridized carbons (Fsp3) is 0.312. The topological polar surface area (TPSA) is 68.2 Å². The molecule has 1 aromatic carbocycles. The van der Waals surface area contributed by atoms with E-state index >= 15 is 0 Å². The maximum atomic E-state index is 13.3. The van der Waals surface area contributed by atoms with E-state index in [4.69, 9.17) is 11.6 Å². The van der Waals surface area contributed by atoms with Crippen molar-refractivity contribution >= 4 is 27.3 Å². The van der Waals surface area contributed by atoms with Crippen LogP contribution in [-0.4, -0.2) is 11.5 Å². The number of nitrogen functional groups attached to an aromatic ring is 1. The number of hydrogen-bond donors (Lipinski definition) is 2. The van der Waals surface area contributed by atoms with Crippen LogP contribution in [0.4, 0.5) is 15.8 Å². The summed E-state index contributed by atoms with van der Waals surface area (Å²) in [5.74, 6) is 5.74. The number of hydrogen-bond acceptors (Lipinski definition) is 4. The summed E-state index contributed by atoms with van der Waals surface area (Å²) in [5, 5.41) is 1.63. The van der Waals surface area contributed by atoms with Crippen molar-refractivity contribution in [2.45, 2.75) is 20.8 Å². The van der Waals surface area contributed by atoms with Gasteiger partial charge in [-0.2, -0.15) is 0 Å². The number of benzene rings is 1. The predicted molar refractivity (Wildman–Crippen MR) is 92.7 cm³/mol. The first-order chi connectivity index (χ1) is 10.2. The maximum Gasteiger partial charge on any atom is 0.142 e. The molecule has 0 saturated carbocycles. The number of rotatable bonds is 3. The minimum atomic E-state index is -0.389. The molecule has 6 heteroatoms. The number of nitrogens with zero attached hydrogens (tertiary/aromatic N) is 2. The Morgan fingerprint density at radius 1 is 1.27 bits per heavy atom. The summed E-state index contributed by atoms with van der Waals surface area (Å²) in [6.07, 6.45) is 2.76. The summed E-state index contributed by atoms with van der Waals surface area (Å²) in [6, 6.07) is 5.11. The Kier molecular flexibility index (Phi) is 4.72. The summed E-state index contributed by atoms with van der Waals surface area (Å²) in [5.41, 5.74) is 8.92. The average molecular weight is 367 g/mol. The molecule has 2 aromatic rings. The lowest BCUT2D eigenvalue weighted by Gasteiger charge is -2.29. The molecule has 1 heterocycles. The molecule has 4 nitrogen and oxygen atoms in total. The number of hydrazine groups is 1. The fourth-order valence-electron chi connectivity index (χ4n) is 2.21. The lowest BCUT2D eigenvalue weighted by molar-refractivity contribution is 0.412. The Morgan fingerprint density at radius 3 is 2.55 bits per heavy atom. The molecule has 0 atom stereocenters. The van der Waals surface area contributed by atoms with Gasteiger partial charge in [0.25, 0.3) is 0 Å². The molecule has 0 fully saturated rings. The zero-order chi connectivity index (χ0) is 16.5. The molecule has 0 aliphatic rings. The van der Waals surface area contributed by atoms with Crippen LogP contribution >= 0.6 is 15.9 Å². The van der Waals surface area contributed by atoms with E-state index in [1.54, 1.807) is 11.2 Å². The van der Waals surface area contributed by atoms with Crippen molar-refractivity contribution in [2.75, 3.05) is 17.3 Å². The van der Waals surface area contributed by atoms with Gasteiger partial charge >= 0.3 is 0 Å². The van der Waals surface area contributed by atoms with Gasteiger partial charge in [-0.3, -0.25) is 4.98 Å². The molecule has 0 radical (unpaired) electrons. The SMILES string of the molecule is CC(C)(C)CN(N)c1ccc(-c2cncc(F)c2)c(Br)c1N.